The van der Waals surface area contributed by atoms with Crippen LogP contribution in [0, 0.1) is 17.5 Å². The minimum Gasteiger partial charge on any atom is -0.316 e. The van der Waals surface area contributed by atoms with Gasteiger partial charge in [0.15, 0.2) is 17.5 Å². The zero-order valence-electron chi connectivity index (χ0n) is 7.33. The Morgan fingerprint density at radius 2 is 1.47 bits per heavy atom. The van der Waals surface area contributed by atoms with Crippen LogP contribution >= 0.6 is 0 Å². The van der Waals surface area contributed by atoms with Crippen molar-refractivity contribution in [3.63, 3.8) is 0 Å². The van der Waals surface area contributed by atoms with Crippen molar-refractivity contribution in [2.24, 2.45) is 5.73 Å². The van der Waals surface area contributed by atoms with Gasteiger partial charge in [-0.1, -0.05) is 0 Å². The lowest BCUT2D eigenvalue weighted by molar-refractivity contribution is 0.0889. The van der Waals surface area contributed by atoms with E-state index in [0.29, 0.717) is 12.1 Å². The van der Waals surface area contributed by atoms with Gasteiger partial charge in [-0.3, -0.25) is 0 Å². The van der Waals surface area contributed by atoms with Crippen LogP contribution in [-0.4, -0.2) is 5.92 Å². The first-order valence-corrected chi connectivity index (χ1v) is 4.10. The van der Waals surface area contributed by atoms with Crippen LogP contribution in [0.2, 0.25) is 0 Å². The Hall–Kier alpha value is -1.17. The predicted octanol–water partition coefficient (Wildman–Crippen LogP) is 2.30. The summed E-state index contributed by atoms with van der Waals surface area (Å²) in [7, 11) is 0. The van der Waals surface area contributed by atoms with E-state index < -0.39 is 40.9 Å². The van der Waals surface area contributed by atoms with E-state index in [0.717, 1.165) is 0 Å². The number of hydrogen-bond acceptors (Lipinski definition) is 1. The molecule has 0 aliphatic heterocycles. The minimum atomic E-state index is -3.19. The Labute approximate surface area is 81.7 Å². The highest BCUT2D eigenvalue weighted by Gasteiger charge is 2.70. The molecule has 0 aromatic heterocycles. The lowest BCUT2D eigenvalue weighted by Crippen LogP contribution is -2.27. The molecule has 0 radical (unpaired) electrons. The molecule has 0 heterocycles. The summed E-state index contributed by atoms with van der Waals surface area (Å²) in [5.74, 6) is -7.91. The standard InChI is InChI=1S/C9H6F5N/c10-5-1-4(2-6(11)7(5)12)8(15)3-9(8,13)14/h1-2H,3,15H2. The van der Waals surface area contributed by atoms with Gasteiger partial charge in [0, 0.05) is 6.42 Å². The highest BCUT2D eigenvalue weighted by atomic mass is 19.3. The van der Waals surface area contributed by atoms with E-state index in [-0.39, 0.29) is 0 Å². The van der Waals surface area contributed by atoms with Crippen LogP contribution < -0.4 is 5.73 Å². The zero-order valence-corrected chi connectivity index (χ0v) is 7.33. The van der Waals surface area contributed by atoms with Crippen LogP contribution in [0.15, 0.2) is 12.1 Å². The molecule has 1 fully saturated rings. The summed E-state index contributed by atoms with van der Waals surface area (Å²) < 4.78 is 63.5. The van der Waals surface area contributed by atoms with E-state index in [9.17, 15) is 22.0 Å². The average Bonchev–Trinajstić information content (AvgIpc) is 2.62. The van der Waals surface area contributed by atoms with Gasteiger partial charge < -0.3 is 5.73 Å². The summed E-state index contributed by atoms with van der Waals surface area (Å²) in [5, 5.41) is 0. The molecular formula is C9H6F5N. The fourth-order valence-corrected chi connectivity index (χ4v) is 1.43. The van der Waals surface area contributed by atoms with E-state index in [1.165, 1.54) is 0 Å². The van der Waals surface area contributed by atoms with Crippen molar-refractivity contribution in [1.29, 1.82) is 0 Å². The molecule has 1 aromatic carbocycles. The van der Waals surface area contributed by atoms with Crippen LogP contribution in [0.25, 0.3) is 0 Å². The third kappa shape index (κ3) is 1.31. The lowest BCUT2D eigenvalue weighted by Gasteiger charge is -2.11. The van der Waals surface area contributed by atoms with Gasteiger partial charge in [0.25, 0.3) is 5.92 Å². The van der Waals surface area contributed by atoms with E-state index >= 15 is 0 Å². The molecule has 2 rings (SSSR count). The first-order chi connectivity index (χ1) is 6.78. The number of benzene rings is 1. The monoisotopic (exact) mass is 223 g/mol. The van der Waals surface area contributed by atoms with Crippen molar-refractivity contribution in [2.45, 2.75) is 17.9 Å². The number of halogens is 5. The lowest BCUT2D eigenvalue weighted by atomic mass is 10.0. The molecule has 6 heteroatoms. The van der Waals surface area contributed by atoms with Crippen LogP contribution in [-0.2, 0) is 5.54 Å². The number of nitrogens with two attached hydrogens (primary N) is 1. The molecule has 82 valence electrons. The third-order valence-electron chi connectivity index (χ3n) is 2.53. The Morgan fingerprint density at radius 3 is 1.80 bits per heavy atom. The largest absolute Gasteiger partial charge is 0.316 e. The second-order valence-corrected chi connectivity index (χ2v) is 3.61. The molecule has 1 atom stereocenters. The van der Waals surface area contributed by atoms with Crippen molar-refractivity contribution in [3.05, 3.63) is 35.1 Å². The van der Waals surface area contributed by atoms with E-state index in [1.807, 2.05) is 0 Å². The topological polar surface area (TPSA) is 26.0 Å². The van der Waals surface area contributed by atoms with Gasteiger partial charge in [0.05, 0.1) is 0 Å². The second kappa shape index (κ2) is 2.69. The van der Waals surface area contributed by atoms with Gasteiger partial charge in [-0.2, -0.15) is 0 Å². The average molecular weight is 223 g/mol. The van der Waals surface area contributed by atoms with Crippen molar-refractivity contribution in [2.75, 3.05) is 0 Å². The molecule has 0 amide bonds. The maximum Gasteiger partial charge on any atom is 0.272 e. The Balaban J connectivity index is 2.49. The molecular weight excluding hydrogens is 217 g/mol. The van der Waals surface area contributed by atoms with Crippen molar-refractivity contribution >= 4 is 0 Å². The van der Waals surface area contributed by atoms with E-state index in [2.05, 4.69) is 0 Å². The number of rotatable bonds is 1. The van der Waals surface area contributed by atoms with E-state index in [1.54, 1.807) is 0 Å². The molecule has 1 saturated carbocycles. The van der Waals surface area contributed by atoms with Gasteiger partial charge in [0.2, 0.25) is 0 Å². The normalized spacial score (nSPS) is 27.9. The Morgan fingerprint density at radius 1 is 1.07 bits per heavy atom. The maximum atomic E-state index is 12.8. The quantitative estimate of drug-likeness (QED) is 0.573. The van der Waals surface area contributed by atoms with Crippen molar-refractivity contribution in [1.82, 2.24) is 0 Å². The number of alkyl halides is 2. The van der Waals surface area contributed by atoms with Gasteiger partial charge >= 0.3 is 0 Å². The molecule has 1 aliphatic carbocycles. The highest BCUT2D eigenvalue weighted by molar-refractivity contribution is 5.36. The first kappa shape index (κ1) is 10.4. The SMILES string of the molecule is NC1(c2cc(F)c(F)c(F)c2)CC1(F)F. The second-order valence-electron chi connectivity index (χ2n) is 3.61. The summed E-state index contributed by atoms with van der Waals surface area (Å²) >= 11 is 0. The van der Waals surface area contributed by atoms with Crippen molar-refractivity contribution in [3.8, 4) is 0 Å². The van der Waals surface area contributed by atoms with Gasteiger partial charge in [-0.25, -0.2) is 22.0 Å². The van der Waals surface area contributed by atoms with Crippen molar-refractivity contribution < 1.29 is 22.0 Å². The van der Waals surface area contributed by atoms with Crippen LogP contribution in [0.4, 0.5) is 22.0 Å². The van der Waals surface area contributed by atoms with Crippen LogP contribution in [0.5, 0.6) is 0 Å². The first-order valence-electron chi connectivity index (χ1n) is 4.10. The minimum absolute atomic E-state index is 0.427. The summed E-state index contributed by atoms with van der Waals surface area (Å²) in [5.41, 5.74) is 2.73. The molecule has 1 aliphatic rings. The van der Waals surface area contributed by atoms with Gasteiger partial charge in [-0.05, 0) is 17.7 Å². The zero-order chi connectivity index (χ0) is 11.4. The molecule has 1 nitrogen and oxygen atoms in total. The van der Waals surface area contributed by atoms with E-state index in [4.69, 9.17) is 5.73 Å². The summed E-state index contributed by atoms with van der Waals surface area (Å²) in [6.45, 7) is 0. The molecule has 1 unspecified atom stereocenters. The maximum absolute atomic E-state index is 12.8. The summed E-state index contributed by atoms with van der Waals surface area (Å²) in [6.07, 6.45) is -0.690. The smallest absolute Gasteiger partial charge is 0.272 e. The highest BCUT2D eigenvalue weighted by Crippen LogP contribution is 2.57. The fraction of sp³-hybridized carbons (Fsp3) is 0.333. The molecule has 1 aromatic rings. The van der Waals surface area contributed by atoms with Crippen LogP contribution in [0.1, 0.15) is 12.0 Å². The fourth-order valence-electron chi connectivity index (χ4n) is 1.43. The molecule has 0 saturated heterocycles. The summed E-state index contributed by atoms with van der Waals surface area (Å²) in [4.78, 5) is 0. The van der Waals surface area contributed by atoms with Gasteiger partial charge in [-0.15, -0.1) is 0 Å². The van der Waals surface area contributed by atoms with Crippen LogP contribution in [0.3, 0.4) is 0 Å². The molecule has 2 N–H and O–H groups in total. The molecule has 15 heavy (non-hydrogen) atoms. The molecule has 0 spiro atoms. The molecule has 0 bridgehead atoms. The van der Waals surface area contributed by atoms with Gasteiger partial charge in [0.1, 0.15) is 5.54 Å². The number of hydrogen-bond donors (Lipinski definition) is 1. The third-order valence-corrected chi connectivity index (χ3v) is 2.53. The predicted molar refractivity (Wildman–Crippen MR) is 41.7 cm³/mol. The Kier molecular flexibility index (Phi) is 1.86. The Bertz CT molecular complexity index is 408. The summed E-state index contributed by atoms with van der Waals surface area (Å²) in [6, 6.07) is 0.999.